The summed E-state index contributed by atoms with van der Waals surface area (Å²) in [5, 5.41) is 37.4. The minimum atomic E-state index is -1.09. The topological polar surface area (TPSA) is 339 Å². The van der Waals surface area contributed by atoms with Crippen LogP contribution in [0, 0.1) is 5.92 Å². The molecule has 16 N–H and O–H groups in total. The van der Waals surface area contributed by atoms with Gasteiger partial charge in [0.25, 0.3) is 0 Å². The van der Waals surface area contributed by atoms with Gasteiger partial charge >= 0.3 is 0 Å². The molecule has 0 aliphatic heterocycles. The molecule has 1 atom stereocenters. The molecule has 0 saturated heterocycles. The van der Waals surface area contributed by atoms with Crippen LogP contribution in [-0.2, 0) is 9.59 Å². The highest BCUT2D eigenvalue weighted by molar-refractivity contribution is 6.13. The van der Waals surface area contributed by atoms with Gasteiger partial charge in [0, 0.05) is 33.6 Å². The highest BCUT2D eigenvalue weighted by atomic mass is 16.2. The van der Waals surface area contributed by atoms with Crippen LogP contribution in [0.2, 0.25) is 0 Å². The monoisotopic (exact) mass is 743 g/mol. The van der Waals surface area contributed by atoms with E-state index in [2.05, 4.69) is 58.4 Å². The summed E-state index contributed by atoms with van der Waals surface area (Å²) in [5.74, 6) is -2.56. The Morgan fingerprint density at radius 1 is 0.500 bits per heavy atom. The molecule has 0 radical (unpaired) electrons. The van der Waals surface area contributed by atoms with Gasteiger partial charge in [-0.1, -0.05) is 39.0 Å². The molecule has 19 nitrogen and oxygen atoms in total. The van der Waals surface area contributed by atoms with Crippen molar-refractivity contribution in [3.63, 3.8) is 0 Å². The number of benzene rings is 2. The Balaban J connectivity index is 2.63. The van der Waals surface area contributed by atoms with E-state index in [1.165, 1.54) is 0 Å². The number of nitrogens with two attached hydrogens (primary N) is 7. The van der Waals surface area contributed by atoms with Crippen LogP contribution in [0.5, 0.6) is 0 Å². The van der Waals surface area contributed by atoms with Crippen molar-refractivity contribution in [2.45, 2.75) is 80.1 Å². The Bertz CT molecular complexity index is 1650. The van der Waals surface area contributed by atoms with Crippen molar-refractivity contribution in [1.82, 2.24) is 0 Å². The van der Waals surface area contributed by atoms with Crippen LogP contribution in [0.4, 0.5) is 11.4 Å². The van der Waals surface area contributed by atoms with Crippen molar-refractivity contribution in [2.24, 2.45) is 86.9 Å². The maximum absolute atomic E-state index is 14.1. The summed E-state index contributed by atoms with van der Waals surface area (Å²) < 4.78 is 0. The van der Waals surface area contributed by atoms with Gasteiger partial charge in [0.05, 0.1) is 22.8 Å². The van der Waals surface area contributed by atoms with E-state index in [4.69, 9.17) is 40.1 Å². The molecule has 2 amide bonds. The number of amides is 2. The molecule has 0 aromatic heterocycles. The van der Waals surface area contributed by atoms with Crippen LogP contribution in [-0.4, -0.2) is 58.4 Å². The Morgan fingerprint density at radius 2 is 0.833 bits per heavy atom. The quantitative estimate of drug-likeness (QED) is 0.0355. The third-order valence-electron chi connectivity index (χ3n) is 7.61. The zero-order valence-electron chi connectivity index (χ0n) is 31.7. The minimum absolute atomic E-state index is 0.220. The standard InChI is InChI=1S/C35H53N17O2/c1-7-8-9-10-11-12-30(31(53)43-28-15-24(19(2)45-49-23(6)36)13-25(16-28)20(3)46-50-33(37)38)32(54)44-29-17-26(21(4)47-51-34(39)40)14-27(18-29)22(5)48-52-35(41)42/h13-18,30H,7-12H2,1-6H3,(H2,36,49)(H,43,53)(H,44,54)(H4,37,38,50)(H4,39,40,51)(H4,41,42,52)/b45-19+,46-20?,47-21+,48-22?. The number of rotatable bonds is 18. The highest BCUT2D eigenvalue weighted by Gasteiger charge is 2.27. The Labute approximate surface area is 315 Å². The Morgan fingerprint density at radius 3 is 1.15 bits per heavy atom. The number of carbonyl (C=O) groups excluding carboxylic acids is 2. The highest BCUT2D eigenvalue weighted by Crippen LogP contribution is 2.23. The van der Waals surface area contributed by atoms with Crippen LogP contribution in [0.1, 0.15) is 102 Å². The average Bonchev–Trinajstić information content (AvgIpc) is 3.11. The predicted octanol–water partition coefficient (Wildman–Crippen LogP) is 2.33. The Hall–Kier alpha value is -6.66. The molecule has 2 rings (SSSR count). The van der Waals surface area contributed by atoms with Gasteiger partial charge in [-0.15, -0.1) is 20.4 Å². The average molecular weight is 744 g/mol. The maximum atomic E-state index is 14.1. The third-order valence-corrected chi connectivity index (χ3v) is 7.61. The van der Waals surface area contributed by atoms with E-state index in [0.717, 1.165) is 25.7 Å². The summed E-state index contributed by atoms with van der Waals surface area (Å²) in [6, 6.07) is 10.3. The van der Waals surface area contributed by atoms with Gasteiger partial charge in [-0.25, -0.2) is 0 Å². The van der Waals surface area contributed by atoms with E-state index in [1.807, 2.05) is 0 Å². The number of unbranched alkanes of at least 4 members (excludes halogenated alkanes) is 4. The number of hydrogen-bond donors (Lipinski definition) is 9. The van der Waals surface area contributed by atoms with Crippen molar-refractivity contribution < 1.29 is 9.59 Å². The SMILES string of the molecule is CCCCCCCC(C(=O)Nc1cc(C(C)=NN=C(N)N)cc(/C(C)=N/N=C(N)N)c1)C(=O)Nc1cc(C(C)=NN=C(N)N)cc(/C(C)=N/N=C(/C)N)c1. The summed E-state index contributed by atoms with van der Waals surface area (Å²) >= 11 is 0. The molecule has 0 bridgehead atoms. The number of amidine groups is 1. The van der Waals surface area contributed by atoms with E-state index in [0.29, 0.717) is 62.9 Å². The first-order chi connectivity index (χ1) is 25.5. The largest absolute Gasteiger partial charge is 0.386 e. The molecule has 2 aromatic carbocycles. The molecular weight excluding hydrogens is 691 g/mol. The molecule has 0 aliphatic carbocycles. The lowest BCUT2D eigenvalue weighted by Gasteiger charge is -2.19. The molecule has 0 spiro atoms. The number of anilines is 2. The van der Waals surface area contributed by atoms with Gasteiger partial charge in [0.2, 0.25) is 29.7 Å². The normalized spacial score (nSPS) is 13.1. The first kappa shape index (κ1) is 43.5. The second-order valence-corrected chi connectivity index (χ2v) is 12.4. The molecule has 2 aromatic rings. The van der Waals surface area contributed by atoms with Gasteiger partial charge in [0.15, 0.2) is 0 Å². The van der Waals surface area contributed by atoms with E-state index in [1.54, 1.807) is 71.0 Å². The molecule has 290 valence electrons. The van der Waals surface area contributed by atoms with Gasteiger partial charge in [-0.3, -0.25) is 9.59 Å². The smallest absolute Gasteiger partial charge is 0.236 e. The fourth-order valence-corrected chi connectivity index (χ4v) is 4.81. The van der Waals surface area contributed by atoms with E-state index in [-0.39, 0.29) is 30.1 Å². The molecule has 0 heterocycles. The van der Waals surface area contributed by atoms with Crippen molar-refractivity contribution in [1.29, 1.82) is 0 Å². The Kier molecular flexibility index (Phi) is 17.4. The second kappa shape index (κ2) is 21.6. The van der Waals surface area contributed by atoms with Crippen LogP contribution in [0.3, 0.4) is 0 Å². The summed E-state index contributed by atoms with van der Waals surface area (Å²) in [5.41, 5.74) is 43.4. The van der Waals surface area contributed by atoms with E-state index >= 15 is 0 Å². The fourth-order valence-electron chi connectivity index (χ4n) is 4.81. The van der Waals surface area contributed by atoms with Gasteiger partial charge in [-0.05, 0) is 77.4 Å². The van der Waals surface area contributed by atoms with Crippen LogP contribution in [0.15, 0.2) is 77.2 Å². The summed E-state index contributed by atoms with van der Waals surface area (Å²) in [6.07, 6.45) is 4.84. The minimum Gasteiger partial charge on any atom is -0.386 e. The van der Waals surface area contributed by atoms with Crippen LogP contribution >= 0.6 is 0 Å². The zero-order chi connectivity index (χ0) is 40.4. The second-order valence-electron chi connectivity index (χ2n) is 12.4. The molecule has 0 aliphatic rings. The number of hydrogen-bond acceptors (Lipinski definition) is 10. The van der Waals surface area contributed by atoms with Gasteiger partial charge in [-0.2, -0.15) is 20.4 Å². The number of guanidine groups is 3. The van der Waals surface area contributed by atoms with E-state index < -0.39 is 17.7 Å². The van der Waals surface area contributed by atoms with E-state index in [9.17, 15) is 9.59 Å². The summed E-state index contributed by atoms with van der Waals surface area (Å²) in [7, 11) is 0. The molecule has 0 saturated carbocycles. The molecule has 54 heavy (non-hydrogen) atoms. The molecular formula is C35H53N17O2. The molecule has 1 unspecified atom stereocenters. The summed E-state index contributed by atoms with van der Waals surface area (Å²) in [6.45, 7) is 10.5. The van der Waals surface area contributed by atoms with Crippen LogP contribution in [0.25, 0.3) is 0 Å². The van der Waals surface area contributed by atoms with Crippen molar-refractivity contribution in [3.05, 3.63) is 58.7 Å². The summed E-state index contributed by atoms with van der Waals surface area (Å²) in [4.78, 5) is 28.1. The number of carbonyl (C=O) groups is 2. The lowest BCUT2D eigenvalue weighted by molar-refractivity contribution is -0.129. The lowest BCUT2D eigenvalue weighted by atomic mass is 9.97. The third kappa shape index (κ3) is 15.3. The van der Waals surface area contributed by atoms with Gasteiger partial charge < -0.3 is 50.8 Å². The molecule has 0 fully saturated rings. The lowest BCUT2D eigenvalue weighted by Crippen LogP contribution is -2.34. The van der Waals surface area contributed by atoms with Crippen molar-refractivity contribution >= 4 is 69.8 Å². The number of nitrogens with one attached hydrogen (secondary N) is 2. The predicted molar refractivity (Wildman–Crippen MR) is 221 cm³/mol. The zero-order valence-corrected chi connectivity index (χ0v) is 31.7. The van der Waals surface area contributed by atoms with Gasteiger partial charge in [0.1, 0.15) is 11.8 Å². The first-order valence-corrected chi connectivity index (χ1v) is 17.2. The van der Waals surface area contributed by atoms with Crippen molar-refractivity contribution in [3.8, 4) is 0 Å². The fraction of sp³-hybridized carbons (Fsp3) is 0.371. The first-order valence-electron chi connectivity index (χ1n) is 17.2. The maximum Gasteiger partial charge on any atom is 0.236 e. The van der Waals surface area contributed by atoms with Crippen LogP contribution < -0.4 is 50.8 Å². The number of nitrogens with zero attached hydrogens (tertiary/aromatic N) is 8. The van der Waals surface area contributed by atoms with Crippen molar-refractivity contribution in [2.75, 3.05) is 10.6 Å². The molecule has 19 heteroatoms.